The lowest BCUT2D eigenvalue weighted by Crippen LogP contribution is -2.32. The molecular weight excluding hydrogens is 170 g/mol. The molecule has 1 fully saturated rings. The highest BCUT2D eigenvalue weighted by Gasteiger charge is 2.34. The lowest BCUT2D eigenvalue weighted by molar-refractivity contribution is 0.208. The quantitative estimate of drug-likeness (QED) is 0.686. The van der Waals surface area contributed by atoms with E-state index in [4.69, 9.17) is 0 Å². The second-order valence-corrected chi connectivity index (χ2v) is 5.12. The summed E-state index contributed by atoms with van der Waals surface area (Å²) in [5.74, 6) is 0.960. The fraction of sp³-hybridized carbons (Fsp3) is 1.00. The minimum Gasteiger partial charge on any atom is -0.319 e. The van der Waals surface area contributed by atoms with Gasteiger partial charge in [0.25, 0.3) is 0 Å². The molecule has 1 saturated carbocycles. The van der Waals surface area contributed by atoms with E-state index in [1.807, 2.05) is 0 Å². The van der Waals surface area contributed by atoms with Gasteiger partial charge in [0.15, 0.2) is 0 Å². The van der Waals surface area contributed by atoms with Gasteiger partial charge in [0.1, 0.15) is 0 Å². The summed E-state index contributed by atoms with van der Waals surface area (Å²) in [6.07, 6.45) is 10.0. The SMILES string of the molecule is CCC(CC)CC1(CNC)CCCC1. The molecule has 0 bridgehead atoms. The highest BCUT2D eigenvalue weighted by atomic mass is 14.8. The molecule has 0 atom stereocenters. The van der Waals surface area contributed by atoms with E-state index >= 15 is 0 Å². The van der Waals surface area contributed by atoms with Crippen LogP contribution in [0, 0.1) is 11.3 Å². The molecule has 0 heterocycles. The minimum atomic E-state index is 0.658. The Balaban J connectivity index is 2.49. The molecule has 0 aromatic carbocycles. The van der Waals surface area contributed by atoms with Gasteiger partial charge in [0, 0.05) is 6.54 Å². The van der Waals surface area contributed by atoms with Crippen molar-refractivity contribution < 1.29 is 0 Å². The van der Waals surface area contributed by atoms with E-state index in [9.17, 15) is 0 Å². The van der Waals surface area contributed by atoms with E-state index in [0.717, 1.165) is 5.92 Å². The standard InChI is InChI=1S/C13H27N/c1-4-12(5-2)10-13(11-14-3)8-6-7-9-13/h12,14H,4-11H2,1-3H3. The van der Waals surface area contributed by atoms with Gasteiger partial charge in [-0.2, -0.15) is 0 Å². The van der Waals surface area contributed by atoms with E-state index in [-0.39, 0.29) is 0 Å². The predicted molar refractivity (Wildman–Crippen MR) is 63.5 cm³/mol. The van der Waals surface area contributed by atoms with Crippen LogP contribution in [0.2, 0.25) is 0 Å². The molecule has 1 rings (SSSR count). The van der Waals surface area contributed by atoms with E-state index in [0.29, 0.717) is 5.41 Å². The Morgan fingerprint density at radius 3 is 2.14 bits per heavy atom. The summed E-state index contributed by atoms with van der Waals surface area (Å²) in [6, 6.07) is 0. The molecule has 0 saturated heterocycles. The van der Waals surface area contributed by atoms with Gasteiger partial charge in [-0.05, 0) is 37.6 Å². The van der Waals surface area contributed by atoms with Crippen LogP contribution >= 0.6 is 0 Å². The Labute approximate surface area is 89.7 Å². The van der Waals surface area contributed by atoms with Crippen LogP contribution in [0.25, 0.3) is 0 Å². The highest BCUT2D eigenvalue weighted by Crippen LogP contribution is 2.43. The fourth-order valence-corrected chi connectivity index (χ4v) is 3.14. The fourth-order valence-electron chi connectivity index (χ4n) is 3.14. The van der Waals surface area contributed by atoms with Gasteiger partial charge in [0.05, 0.1) is 0 Å². The van der Waals surface area contributed by atoms with Gasteiger partial charge in [-0.25, -0.2) is 0 Å². The van der Waals surface area contributed by atoms with E-state index in [2.05, 4.69) is 26.2 Å². The average Bonchev–Trinajstić information content (AvgIpc) is 2.64. The summed E-state index contributed by atoms with van der Waals surface area (Å²) in [5.41, 5.74) is 0.658. The molecule has 0 aliphatic heterocycles. The van der Waals surface area contributed by atoms with Gasteiger partial charge in [-0.15, -0.1) is 0 Å². The summed E-state index contributed by atoms with van der Waals surface area (Å²) >= 11 is 0. The highest BCUT2D eigenvalue weighted by molar-refractivity contribution is 4.87. The van der Waals surface area contributed by atoms with Crippen LogP contribution in [0.4, 0.5) is 0 Å². The van der Waals surface area contributed by atoms with Crippen LogP contribution < -0.4 is 5.32 Å². The summed E-state index contributed by atoms with van der Waals surface area (Å²) in [5, 5.41) is 3.40. The molecule has 0 amide bonds. The smallest absolute Gasteiger partial charge is 0.000490 e. The van der Waals surface area contributed by atoms with Crippen molar-refractivity contribution in [3.8, 4) is 0 Å². The lowest BCUT2D eigenvalue weighted by Gasteiger charge is -2.32. The van der Waals surface area contributed by atoms with Crippen molar-refractivity contribution in [2.24, 2.45) is 11.3 Å². The zero-order chi connectivity index (χ0) is 10.4. The van der Waals surface area contributed by atoms with Crippen LogP contribution in [-0.4, -0.2) is 13.6 Å². The van der Waals surface area contributed by atoms with Crippen LogP contribution in [-0.2, 0) is 0 Å². The van der Waals surface area contributed by atoms with Gasteiger partial charge >= 0.3 is 0 Å². The third-order valence-corrected chi connectivity index (χ3v) is 4.09. The van der Waals surface area contributed by atoms with E-state index < -0.39 is 0 Å². The summed E-state index contributed by atoms with van der Waals surface area (Å²) in [6.45, 7) is 5.93. The monoisotopic (exact) mass is 197 g/mol. The molecule has 14 heavy (non-hydrogen) atoms. The van der Waals surface area contributed by atoms with Gasteiger partial charge in [0.2, 0.25) is 0 Å². The Morgan fingerprint density at radius 1 is 1.14 bits per heavy atom. The molecule has 0 radical (unpaired) electrons. The van der Waals surface area contributed by atoms with Crippen LogP contribution in [0.1, 0.15) is 58.8 Å². The maximum Gasteiger partial charge on any atom is 0.000490 e. The third kappa shape index (κ3) is 2.98. The van der Waals surface area contributed by atoms with Gasteiger partial charge < -0.3 is 5.32 Å². The molecular formula is C13H27N. The molecule has 0 spiro atoms. The van der Waals surface area contributed by atoms with Crippen molar-refractivity contribution in [1.82, 2.24) is 5.32 Å². The molecule has 1 aliphatic rings. The second-order valence-electron chi connectivity index (χ2n) is 5.12. The molecule has 1 nitrogen and oxygen atoms in total. The maximum atomic E-state index is 3.40. The zero-order valence-corrected chi connectivity index (χ0v) is 10.2. The topological polar surface area (TPSA) is 12.0 Å². The first-order valence-electron chi connectivity index (χ1n) is 6.41. The van der Waals surface area contributed by atoms with Crippen LogP contribution in [0.3, 0.4) is 0 Å². The molecule has 0 aromatic rings. The summed E-state index contributed by atoms with van der Waals surface area (Å²) in [7, 11) is 2.10. The molecule has 0 aromatic heterocycles. The summed E-state index contributed by atoms with van der Waals surface area (Å²) in [4.78, 5) is 0. The molecule has 0 unspecified atom stereocenters. The maximum absolute atomic E-state index is 3.40. The Hall–Kier alpha value is -0.0400. The van der Waals surface area contributed by atoms with Crippen molar-refractivity contribution in [2.45, 2.75) is 58.8 Å². The molecule has 1 aliphatic carbocycles. The van der Waals surface area contributed by atoms with E-state index in [1.165, 1.54) is 51.5 Å². The average molecular weight is 197 g/mol. The Kier molecular flexibility index (Phi) is 4.94. The van der Waals surface area contributed by atoms with Crippen molar-refractivity contribution in [2.75, 3.05) is 13.6 Å². The second kappa shape index (κ2) is 5.75. The first kappa shape index (κ1) is 12.0. The predicted octanol–water partition coefficient (Wildman–Crippen LogP) is 3.59. The minimum absolute atomic E-state index is 0.658. The van der Waals surface area contributed by atoms with E-state index in [1.54, 1.807) is 0 Å². The van der Waals surface area contributed by atoms with Gasteiger partial charge in [-0.3, -0.25) is 0 Å². The van der Waals surface area contributed by atoms with Crippen molar-refractivity contribution in [3.05, 3.63) is 0 Å². The van der Waals surface area contributed by atoms with Crippen LogP contribution in [0.5, 0.6) is 0 Å². The normalized spacial score (nSPS) is 20.6. The number of rotatable bonds is 6. The van der Waals surface area contributed by atoms with Crippen molar-refractivity contribution in [1.29, 1.82) is 0 Å². The van der Waals surface area contributed by atoms with Crippen LogP contribution in [0.15, 0.2) is 0 Å². The molecule has 1 N–H and O–H groups in total. The Morgan fingerprint density at radius 2 is 1.71 bits per heavy atom. The number of hydrogen-bond donors (Lipinski definition) is 1. The third-order valence-electron chi connectivity index (χ3n) is 4.09. The molecule has 84 valence electrons. The van der Waals surface area contributed by atoms with Gasteiger partial charge in [-0.1, -0.05) is 39.5 Å². The Bertz CT molecular complexity index is 143. The van der Waals surface area contributed by atoms with Crippen molar-refractivity contribution in [3.63, 3.8) is 0 Å². The molecule has 1 heteroatoms. The van der Waals surface area contributed by atoms with Crippen molar-refractivity contribution >= 4 is 0 Å². The lowest BCUT2D eigenvalue weighted by atomic mass is 9.76. The number of hydrogen-bond acceptors (Lipinski definition) is 1. The first-order valence-corrected chi connectivity index (χ1v) is 6.41. The largest absolute Gasteiger partial charge is 0.319 e. The summed E-state index contributed by atoms with van der Waals surface area (Å²) < 4.78 is 0. The first-order chi connectivity index (χ1) is 6.76. The zero-order valence-electron chi connectivity index (χ0n) is 10.2. The number of nitrogens with one attached hydrogen (secondary N) is 1.